The van der Waals surface area contributed by atoms with Gasteiger partial charge in [0.05, 0.1) is 11.4 Å². The van der Waals surface area contributed by atoms with Crippen LogP contribution in [0.2, 0.25) is 0 Å². The molecule has 1 rings (SSSR count). The molecule has 0 saturated heterocycles. The average Bonchev–Trinajstić information content (AvgIpc) is 2.44. The van der Waals surface area contributed by atoms with Gasteiger partial charge in [0.1, 0.15) is 0 Å². The molecule has 0 amide bonds. The molecule has 8 heteroatoms. The quantitative estimate of drug-likeness (QED) is 0.363. The summed E-state index contributed by atoms with van der Waals surface area (Å²) < 4.78 is 74.1. The van der Waals surface area contributed by atoms with Crippen molar-refractivity contribution in [2.24, 2.45) is 0 Å². The van der Waals surface area contributed by atoms with E-state index in [4.69, 9.17) is 0 Å². The summed E-state index contributed by atoms with van der Waals surface area (Å²) in [4.78, 5) is 4.32. The summed E-state index contributed by atoms with van der Waals surface area (Å²) >= 11 is 0.605. The molecule has 0 aromatic carbocycles. The summed E-state index contributed by atoms with van der Waals surface area (Å²) in [6.45, 7) is 3.00. The number of hydrogen-bond acceptors (Lipinski definition) is 2. The Morgan fingerprint density at radius 1 is 1.13 bits per heavy atom. The van der Waals surface area contributed by atoms with Gasteiger partial charge in [0.25, 0.3) is 0 Å². The number of hydrogen-bond donors (Lipinski definition) is 0. The van der Waals surface area contributed by atoms with E-state index in [-0.39, 0.29) is 6.42 Å². The molecule has 0 aliphatic heterocycles. The van der Waals surface area contributed by atoms with Gasteiger partial charge >= 0.3 is 12.4 Å². The topological polar surface area (TPSA) is 12.9 Å². The Bertz CT molecular complexity index is 569. The van der Waals surface area contributed by atoms with Crippen LogP contribution in [0.5, 0.6) is 0 Å². The van der Waals surface area contributed by atoms with Gasteiger partial charge in [-0.15, -0.1) is 11.8 Å². The monoisotopic (exact) mass is 355 g/mol. The summed E-state index contributed by atoms with van der Waals surface area (Å²) in [7, 11) is 0. The Hall–Kier alpha value is -1.44. The van der Waals surface area contributed by atoms with Crippen molar-refractivity contribution < 1.29 is 26.3 Å². The van der Waals surface area contributed by atoms with Crippen LogP contribution >= 0.6 is 11.8 Å². The zero-order valence-electron chi connectivity index (χ0n) is 12.4. The average molecular weight is 355 g/mol. The van der Waals surface area contributed by atoms with Gasteiger partial charge in [-0.05, 0) is 31.1 Å². The van der Waals surface area contributed by atoms with Gasteiger partial charge in [0.15, 0.2) is 0 Å². The molecule has 0 bridgehead atoms. The number of pyridine rings is 1. The summed E-state index contributed by atoms with van der Waals surface area (Å²) in [5.41, 5.74) is 0.247. The van der Waals surface area contributed by atoms with E-state index in [0.29, 0.717) is 27.9 Å². The first-order valence-corrected chi connectivity index (χ1v) is 7.62. The highest BCUT2D eigenvalue weighted by Gasteiger charge is 2.31. The van der Waals surface area contributed by atoms with Crippen LogP contribution in [0.3, 0.4) is 0 Å². The van der Waals surface area contributed by atoms with Crippen molar-refractivity contribution in [2.75, 3.05) is 5.75 Å². The largest absolute Gasteiger partial charge is 0.412 e. The van der Waals surface area contributed by atoms with E-state index < -0.39 is 23.7 Å². The van der Waals surface area contributed by atoms with E-state index in [9.17, 15) is 26.3 Å². The number of nitrogens with zero attached hydrogens (tertiary/aromatic N) is 1. The molecule has 0 aliphatic rings. The fourth-order valence-electron chi connectivity index (χ4n) is 1.59. The Morgan fingerprint density at radius 2 is 1.78 bits per heavy atom. The number of rotatable bonds is 5. The first-order valence-electron chi connectivity index (χ1n) is 6.63. The third kappa shape index (κ3) is 7.11. The number of aromatic nitrogens is 1. The van der Waals surface area contributed by atoms with E-state index in [2.05, 4.69) is 4.98 Å². The fraction of sp³-hybridized carbons (Fsp3) is 0.400. The maximum Gasteiger partial charge on any atom is 0.412 e. The molecule has 0 saturated carbocycles. The van der Waals surface area contributed by atoms with Gasteiger partial charge in [0, 0.05) is 16.7 Å². The third-order valence-corrected chi connectivity index (χ3v) is 3.87. The molecule has 0 atom stereocenters. The second-order valence-electron chi connectivity index (χ2n) is 4.68. The summed E-state index contributed by atoms with van der Waals surface area (Å²) in [5, 5.41) is 0. The van der Waals surface area contributed by atoms with Crippen molar-refractivity contribution in [3.63, 3.8) is 0 Å². The fourth-order valence-corrected chi connectivity index (χ4v) is 2.21. The maximum absolute atomic E-state index is 12.6. The van der Waals surface area contributed by atoms with Crippen LogP contribution in [0.1, 0.15) is 26.0 Å². The highest BCUT2D eigenvalue weighted by atomic mass is 32.2. The predicted octanol–water partition coefficient (Wildman–Crippen LogP) is 6.04. The summed E-state index contributed by atoms with van der Waals surface area (Å²) in [6.07, 6.45) is -5.22. The molecule has 1 heterocycles. The lowest BCUT2D eigenvalue weighted by Crippen LogP contribution is -2.10. The number of halogens is 6. The molecular formula is C15H15F6NS. The van der Waals surface area contributed by atoms with Crippen LogP contribution in [0.4, 0.5) is 26.3 Å². The SMILES string of the molecule is CC/C(=C\C=C(/C)c1ccc(SCC(F)(F)F)cn1)C(F)(F)F. The minimum absolute atomic E-state index is 0.145. The van der Waals surface area contributed by atoms with Gasteiger partial charge < -0.3 is 0 Å². The van der Waals surface area contributed by atoms with Crippen molar-refractivity contribution in [3.05, 3.63) is 41.7 Å². The van der Waals surface area contributed by atoms with E-state index in [1.165, 1.54) is 31.3 Å². The summed E-state index contributed by atoms with van der Waals surface area (Å²) in [6, 6.07) is 2.95. The second kappa shape index (κ2) is 7.90. The van der Waals surface area contributed by atoms with Crippen molar-refractivity contribution in [2.45, 2.75) is 37.5 Å². The lowest BCUT2D eigenvalue weighted by Gasteiger charge is -2.08. The standard InChI is InChI=1S/C15H15F6NS/c1-3-11(15(19,20)21)5-4-10(2)13-7-6-12(8-22-13)23-9-14(16,17)18/h4-8H,3,9H2,1-2H3/b10-4+,11-5+. The van der Waals surface area contributed by atoms with Crippen molar-refractivity contribution >= 4 is 17.3 Å². The smallest absolute Gasteiger partial charge is 0.255 e. The van der Waals surface area contributed by atoms with Gasteiger partial charge in [-0.3, -0.25) is 4.98 Å². The first-order chi connectivity index (χ1) is 10.5. The highest BCUT2D eigenvalue weighted by Crippen LogP contribution is 2.29. The number of alkyl halides is 6. The highest BCUT2D eigenvalue weighted by molar-refractivity contribution is 7.99. The molecule has 0 radical (unpaired) electrons. The minimum Gasteiger partial charge on any atom is -0.255 e. The third-order valence-electron chi connectivity index (χ3n) is 2.82. The van der Waals surface area contributed by atoms with Gasteiger partial charge in [-0.25, -0.2) is 0 Å². The van der Waals surface area contributed by atoms with Gasteiger partial charge in [-0.1, -0.05) is 19.1 Å². The van der Waals surface area contributed by atoms with Crippen LogP contribution in [-0.4, -0.2) is 23.1 Å². The Labute approximate surface area is 134 Å². The van der Waals surface area contributed by atoms with Crippen LogP contribution in [0, 0.1) is 0 Å². The van der Waals surface area contributed by atoms with Crippen molar-refractivity contribution in [3.8, 4) is 0 Å². The zero-order chi connectivity index (χ0) is 17.7. The second-order valence-corrected chi connectivity index (χ2v) is 5.72. The maximum atomic E-state index is 12.6. The van der Waals surface area contributed by atoms with Crippen LogP contribution in [-0.2, 0) is 0 Å². The molecule has 0 spiro atoms. The van der Waals surface area contributed by atoms with E-state index >= 15 is 0 Å². The minimum atomic E-state index is -4.38. The zero-order valence-corrected chi connectivity index (χ0v) is 13.2. The lowest BCUT2D eigenvalue weighted by molar-refractivity contribution is -0.105. The lowest BCUT2D eigenvalue weighted by atomic mass is 10.1. The molecule has 1 nitrogen and oxygen atoms in total. The molecule has 128 valence electrons. The number of allylic oxidation sites excluding steroid dienone is 4. The molecule has 1 aromatic rings. The Morgan fingerprint density at radius 3 is 2.22 bits per heavy atom. The molecule has 1 aromatic heterocycles. The van der Waals surface area contributed by atoms with E-state index in [1.54, 1.807) is 6.92 Å². The number of thioether (sulfide) groups is 1. The van der Waals surface area contributed by atoms with Crippen LogP contribution in [0.15, 0.2) is 41.0 Å². The van der Waals surface area contributed by atoms with E-state index in [0.717, 1.165) is 6.08 Å². The predicted molar refractivity (Wildman–Crippen MR) is 79.1 cm³/mol. The molecular weight excluding hydrogens is 340 g/mol. The van der Waals surface area contributed by atoms with E-state index in [1.807, 2.05) is 0 Å². The molecule has 0 fully saturated rings. The molecule has 0 N–H and O–H groups in total. The first kappa shape index (κ1) is 19.6. The summed E-state index contributed by atoms with van der Waals surface area (Å²) in [5.74, 6) is -1.02. The Balaban J connectivity index is 2.83. The Kier molecular flexibility index (Phi) is 6.73. The van der Waals surface area contributed by atoms with Crippen molar-refractivity contribution in [1.82, 2.24) is 4.98 Å². The van der Waals surface area contributed by atoms with Crippen LogP contribution in [0.25, 0.3) is 5.57 Å². The normalized spacial score (nSPS) is 14.3. The van der Waals surface area contributed by atoms with Gasteiger partial charge in [-0.2, -0.15) is 26.3 Å². The van der Waals surface area contributed by atoms with Crippen LogP contribution < -0.4 is 0 Å². The molecule has 0 aliphatic carbocycles. The van der Waals surface area contributed by atoms with Gasteiger partial charge in [0.2, 0.25) is 0 Å². The molecule has 0 unspecified atom stereocenters. The molecule has 23 heavy (non-hydrogen) atoms. The van der Waals surface area contributed by atoms with Crippen molar-refractivity contribution in [1.29, 1.82) is 0 Å².